The van der Waals surface area contributed by atoms with Crippen LogP contribution in [0.4, 0.5) is 0 Å². The molecular weight excluding hydrogens is 198 g/mol. The largest absolute Gasteiger partial charge is 0.393 e. The van der Waals surface area contributed by atoms with E-state index in [2.05, 4.69) is 18.9 Å². The minimum Gasteiger partial charge on any atom is -0.393 e. The minimum absolute atomic E-state index is 0.0330. The van der Waals surface area contributed by atoms with E-state index >= 15 is 0 Å². The van der Waals surface area contributed by atoms with E-state index in [9.17, 15) is 5.11 Å². The first kappa shape index (κ1) is 12.4. The van der Waals surface area contributed by atoms with E-state index in [4.69, 9.17) is 0 Å². The number of hydrogen-bond donors (Lipinski definition) is 1. The molecule has 2 heteroatoms. The zero-order chi connectivity index (χ0) is 11.5. The maximum absolute atomic E-state index is 10.1. The molecule has 2 rings (SSSR count). The van der Waals surface area contributed by atoms with E-state index in [0.29, 0.717) is 5.92 Å². The third-order valence-corrected chi connectivity index (χ3v) is 4.44. The molecule has 2 fully saturated rings. The Bertz CT molecular complexity index is 215. The molecule has 94 valence electrons. The van der Waals surface area contributed by atoms with Crippen molar-refractivity contribution in [2.45, 2.75) is 64.0 Å². The topological polar surface area (TPSA) is 23.5 Å². The summed E-state index contributed by atoms with van der Waals surface area (Å²) in [5.74, 6) is 1.42. The van der Waals surface area contributed by atoms with Gasteiger partial charge >= 0.3 is 0 Å². The first-order valence-corrected chi connectivity index (χ1v) is 7.09. The van der Waals surface area contributed by atoms with Crippen LogP contribution in [-0.2, 0) is 0 Å². The van der Waals surface area contributed by atoms with Gasteiger partial charge in [-0.05, 0) is 51.0 Å². The van der Waals surface area contributed by atoms with Gasteiger partial charge in [-0.25, -0.2) is 0 Å². The van der Waals surface area contributed by atoms with Gasteiger partial charge in [0.25, 0.3) is 0 Å². The average Bonchev–Trinajstić information content (AvgIpc) is 3.07. The van der Waals surface area contributed by atoms with Crippen LogP contribution >= 0.6 is 0 Å². The zero-order valence-corrected chi connectivity index (χ0v) is 10.9. The number of aliphatic hydroxyl groups excluding tert-OH is 1. The molecule has 2 nitrogen and oxygen atoms in total. The Morgan fingerprint density at radius 1 is 1.19 bits per heavy atom. The van der Waals surface area contributed by atoms with Crippen LogP contribution in [0.15, 0.2) is 0 Å². The average molecular weight is 225 g/mol. The molecule has 0 amide bonds. The second-order valence-corrected chi connectivity index (χ2v) is 5.97. The lowest BCUT2D eigenvalue weighted by Crippen LogP contribution is -2.38. The lowest BCUT2D eigenvalue weighted by atomic mass is 9.77. The van der Waals surface area contributed by atoms with Crippen LogP contribution in [0, 0.1) is 11.8 Å². The van der Waals surface area contributed by atoms with E-state index in [-0.39, 0.29) is 6.10 Å². The van der Waals surface area contributed by atoms with Crippen molar-refractivity contribution in [3.63, 3.8) is 0 Å². The molecule has 0 spiro atoms. The third-order valence-electron chi connectivity index (χ3n) is 4.44. The number of hydrogen-bond acceptors (Lipinski definition) is 2. The summed E-state index contributed by atoms with van der Waals surface area (Å²) in [5.41, 5.74) is 0. The lowest BCUT2D eigenvalue weighted by Gasteiger charge is -2.35. The van der Waals surface area contributed by atoms with Gasteiger partial charge in [0.05, 0.1) is 6.10 Å². The minimum atomic E-state index is -0.0330. The number of rotatable bonds is 5. The number of nitrogens with zero attached hydrogens (tertiary/aromatic N) is 1. The highest BCUT2D eigenvalue weighted by Crippen LogP contribution is 2.34. The molecule has 0 radical (unpaired) electrons. The Morgan fingerprint density at radius 2 is 1.94 bits per heavy atom. The molecule has 2 saturated carbocycles. The molecule has 0 aromatic heterocycles. The van der Waals surface area contributed by atoms with Gasteiger partial charge in [0.15, 0.2) is 0 Å². The molecule has 0 aromatic rings. The quantitative estimate of drug-likeness (QED) is 0.777. The Kier molecular flexibility index (Phi) is 4.26. The van der Waals surface area contributed by atoms with Gasteiger partial charge in [0, 0.05) is 12.6 Å². The second kappa shape index (κ2) is 5.50. The van der Waals surface area contributed by atoms with E-state index < -0.39 is 0 Å². The van der Waals surface area contributed by atoms with Crippen LogP contribution in [-0.4, -0.2) is 35.7 Å². The fourth-order valence-corrected chi connectivity index (χ4v) is 3.25. The van der Waals surface area contributed by atoms with Crippen LogP contribution in [0.3, 0.4) is 0 Å². The summed E-state index contributed by atoms with van der Waals surface area (Å²) in [6.07, 6.45) is 8.91. The van der Waals surface area contributed by atoms with Crippen molar-refractivity contribution in [3.8, 4) is 0 Å². The molecule has 0 aliphatic heterocycles. The molecule has 3 unspecified atom stereocenters. The monoisotopic (exact) mass is 225 g/mol. The van der Waals surface area contributed by atoms with Gasteiger partial charge in [-0.15, -0.1) is 0 Å². The third kappa shape index (κ3) is 3.21. The second-order valence-electron chi connectivity index (χ2n) is 5.97. The summed E-state index contributed by atoms with van der Waals surface area (Å²) >= 11 is 0. The van der Waals surface area contributed by atoms with Crippen molar-refractivity contribution in [3.05, 3.63) is 0 Å². The van der Waals surface area contributed by atoms with Crippen LogP contribution in [0.2, 0.25) is 0 Å². The molecule has 0 aromatic carbocycles. The fraction of sp³-hybridized carbons (Fsp3) is 1.00. The summed E-state index contributed by atoms with van der Waals surface area (Å²) in [5, 5.41) is 10.1. The molecule has 2 aliphatic rings. The maximum Gasteiger partial charge on any atom is 0.0580 e. The van der Waals surface area contributed by atoms with Crippen LogP contribution in [0.25, 0.3) is 0 Å². The van der Waals surface area contributed by atoms with Gasteiger partial charge in [-0.1, -0.05) is 19.8 Å². The molecule has 3 atom stereocenters. The van der Waals surface area contributed by atoms with Crippen LogP contribution in [0.1, 0.15) is 51.9 Å². The summed E-state index contributed by atoms with van der Waals surface area (Å²) in [6, 6.07) is 0.832. The summed E-state index contributed by atoms with van der Waals surface area (Å²) in [6.45, 7) is 3.39. The highest BCUT2D eigenvalue weighted by molar-refractivity contribution is 4.87. The summed E-state index contributed by atoms with van der Waals surface area (Å²) < 4.78 is 0. The molecule has 0 heterocycles. The van der Waals surface area contributed by atoms with Gasteiger partial charge in [0.1, 0.15) is 0 Å². The predicted octanol–water partition coefficient (Wildman–Crippen LogP) is 2.66. The fourth-order valence-electron chi connectivity index (χ4n) is 3.25. The van der Waals surface area contributed by atoms with E-state index in [1.807, 2.05) is 0 Å². The van der Waals surface area contributed by atoms with Crippen LogP contribution < -0.4 is 0 Å². The Morgan fingerprint density at radius 3 is 2.56 bits per heavy atom. The maximum atomic E-state index is 10.1. The van der Waals surface area contributed by atoms with E-state index in [1.165, 1.54) is 38.5 Å². The van der Waals surface area contributed by atoms with Crippen molar-refractivity contribution in [2.75, 3.05) is 13.6 Å². The molecule has 0 saturated heterocycles. The van der Waals surface area contributed by atoms with Gasteiger partial charge in [-0.2, -0.15) is 0 Å². The van der Waals surface area contributed by atoms with Gasteiger partial charge in [0.2, 0.25) is 0 Å². The summed E-state index contributed by atoms with van der Waals surface area (Å²) in [4.78, 5) is 2.47. The molecule has 2 aliphatic carbocycles. The Labute approximate surface area is 100 Å². The van der Waals surface area contributed by atoms with Gasteiger partial charge < -0.3 is 10.0 Å². The molecular formula is C14H27NO. The first-order chi connectivity index (χ1) is 7.70. The highest BCUT2D eigenvalue weighted by atomic mass is 16.3. The smallest absolute Gasteiger partial charge is 0.0580 e. The Balaban J connectivity index is 1.80. The van der Waals surface area contributed by atoms with E-state index in [0.717, 1.165) is 24.9 Å². The zero-order valence-electron chi connectivity index (χ0n) is 10.9. The SMILES string of the molecule is CCCC1CCC(O)C(CN(C)C2CC2)C1. The first-order valence-electron chi connectivity index (χ1n) is 7.09. The molecule has 1 N–H and O–H groups in total. The summed E-state index contributed by atoms with van der Waals surface area (Å²) in [7, 11) is 2.23. The van der Waals surface area contributed by atoms with Crippen molar-refractivity contribution in [1.82, 2.24) is 4.90 Å². The van der Waals surface area contributed by atoms with Crippen LogP contribution in [0.5, 0.6) is 0 Å². The normalized spacial score (nSPS) is 35.6. The van der Waals surface area contributed by atoms with Crippen molar-refractivity contribution < 1.29 is 5.11 Å². The van der Waals surface area contributed by atoms with Crippen molar-refractivity contribution >= 4 is 0 Å². The highest BCUT2D eigenvalue weighted by Gasteiger charge is 2.33. The van der Waals surface area contributed by atoms with E-state index in [1.54, 1.807) is 0 Å². The number of aliphatic hydroxyl groups is 1. The van der Waals surface area contributed by atoms with Crippen molar-refractivity contribution in [1.29, 1.82) is 0 Å². The predicted molar refractivity (Wildman–Crippen MR) is 67.4 cm³/mol. The lowest BCUT2D eigenvalue weighted by molar-refractivity contribution is 0.0287. The molecule has 0 bridgehead atoms. The molecule has 16 heavy (non-hydrogen) atoms. The van der Waals surface area contributed by atoms with Gasteiger partial charge in [-0.3, -0.25) is 0 Å². The Hall–Kier alpha value is -0.0800. The standard InChI is InChI=1S/C14H27NO/c1-3-4-11-5-8-14(16)12(9-11)10-15(2)13-6-7-13/h11-14,16H,3-10H2,1-2H3. The van der Waals surface area contributed by atoms with Crippen molar-refractivity contribution in [2.24, 2.45) is 11.8 Å².